The maximum absolute atomic E-state index is 14.1. The lowest BCUT2D eigenvalue weighted by molar-refractivity contribution is 0.410. The SMILES string of the molecule is Nc1cc(Oc2c(F)cc3[nH]ccc3c2F)ccc1F. The molecule has 0 unspecified atom stereocenters. The fourth-order valence-corrected chi connectivity index (χ4v) is 1.91. The molecular formula is C14H9F3N2O. The minimum Gasteiger partial charge on any atom is -0.451 e. The van der Waals surface area contributed by atoms with Crippen LogP contribution in [0.5, 0.6) is 11.5 Å². The van der Waals surface area contributed by atoms with E-state index in [0.717, 1.165) is 18.2 Å². The number of nitrogens with two attached hydrogens (primary N) is 1. The minimum absolute atomic E-state index is 0.0524. The number of anilines is 1. The van der Waals surface area contributed by atoms with E-state index in [-0.39, 0.29) is 16.8 Å². The summed E-state index contributed by atoms with van der Waals surface area (Å²) in [5.41, 5.74) is 5.54. The van der Waals surface area contributed by atoms with Crippen LogP contribution in [-0.2, 0) is 0 Å². The molecule has 3 N–H and O–H groups in total. The molecule has 0 amide bonds. The van der Waals surface area contributed by atoms with Gasteiger partial charge in [0.1, 0.15) is 11.6 Å². The minimum atomic E-state index is -0.861. The maximum atomic E-state index is 14.1. The highest BCUT2D eigenvalue weighted by atomic mass is 19.1. The van der Waals surface area contributed by atoms with Crippen LogP contribution in [0.3, 0.4) is 0 Å². The molecule has 1 aromatic heterocycles. The fourth-order valence-electron chi connectivity index (χ4n) is 1.91. The largest absolute Gasteiger partial charge is 0.451 e. The molecule has 102 valence electrons. The molecule has 0 aliphatic rings. The van der Waals surface area contributed by atoms with Crippen LogP contribution in [0.1, 0.15) is 0 Å². The summed E-state index contributed by atoms with van der Waals surface area (Å²) in [6.45, 7) is 0. The van der Waals surface area contributed by atoms with Crippen molar-refractivity contribution in [2.45, 2.75) is 0 Å². The zero-order chi connectivity index (χ0) is 14.3. The summed E-state index contributed by atoms with van der Waals surface area (Å²) in [7, 11) is 0. The molecule has 0 aliphatic heterocycles. The highest BCUT2D eigenvalue weighted by Gasteiger charge is 2.17. The van der Waals surface area contributed by atoms with Crippen molar-refractivity contribution in [3.05, 3.63) is 54.0 Å². The van der Waals surface area contributed by atoms with Gasteiger partial charge in [-0.1, -0.05) is 0 Å². The zero-order valence-electron chi connectivity index (χ0n) is 10.1. The van der Waals surface area contributed by atoms with Gasteiger partial charge in [-0.05, 0) is 18.2 Å². The van der Waals surface area contributed by atoms with Gasteiger partial charge in [-0.15, -0.1) is 0 Å². The number of ether oxygens (including phenoxy) is 1. The van der Waals surface area contributed by atoms with E-state index in [9.17, 15) is 13.2 Å². The van der Waals surface area contributed by atoms with Crippen molar-refractivity contribution >= 4 is 16.6 Å². The van der Waals surface area contributed by atoms with Crippen LogP contribution in [0.2, 0.25) is 0 Å². The number of benzene rings is 2. The van der Waals surface area contributed by atoms with Crippen molar-refractivity contribution in [1.29, 1.82) is 0 Å². The summed E-state index contributed by atoms with van der Waals surface area (Å²) in [5, 5.41) is 0.205. The van der Waals surface area contributed by atoms with Gasteiger partial charge < -0.3 is 15.5 Å². The molecule has 0 saturated heterocycles. The molecule has 0 bridgehead atoms. The summed E-state index contributed by atoms with van der Waals surface area (Å²) >= 11 is 0. The van der Waals surface area contributed by atoms with Crippen LogP contribution in [-0.4, -0.2) is 4.98 Å². The highest BCUT2D eigenvalue weighted by molar-refractivity contribution is 5.82. The second-order valence-electron chi connectivity index (χ2n) is 4.23. The third-order valence-corrected chi connectivity index (χ3v) is 2.89. The lowest BCUT2D eigenvalue weighted by Gasteiger charge is -2.09. The molecule has 3 rings (SSSR count). The van der Waals surface area contributed by atoms with E-state index in [1.165, 1.54) is 18.3 Å². The number of aromatic nitrogens is 1. The summed E-state index contributed by atoms with van der Waals surface area (Å²) in [6.07, 6.45) is 1.49. The molecule has 1 heterocycles. The van der Waals surface area contributed by atoms with Crippen LogP contribution in [0.4, 0.5) is 18.9 Å². The Labute approximate surface area is 111 Å². The van der Waals surface area contributed by atoms with Crippen LogP contribution < -0.4 is 10.5 Å². The lowest BCUT2D eigenvalue weighted by Crippen LogP contribution is -1.96. The molecule has 0 atom stereocenters. The summed E-state index contributed by atoms with van der Waals surface area (Å²) in [6, 6.07) is 6.06. The van der Waals surface area contributed by atoms with Gasteiger partial charge in [-0.2, -0.15) is 0 Å². The van der Waals surface area contributed by atoms with Crippen LogP contribution in [0, 0.1) is 17.5 Å². The van der Waals surface area contributed by atoms with Gasteiger partial charge in [-0.25, -0.2) is 13.2 Å². The number of nitrogens with one attached hydrogen (secondary N) is 1. The van der Waals surface area contributed by atoms with Crippen molar-refractivity contribution in [2.24, 2.45) is 0 Å². The number of hydrogen-bond donors (Lipinski definition) is 2. The van der Waals surface area contributed by atoms with Crippen molar-refractivity contribution in [3.63, 3.8) is 0 Å². The van der Waals surface area contributed by atoms with E-state index in [0.29, 0.717) is 5.52 Å². The van der Waals surface area contributed by atoms with Gasteiger partial charge in [0.15, 0.2) is 17.4 Å². The average molecular weight is 278 g/mol. The number of nitrogen functional groups attached to an aromatic ring is 1. The van der Waals surface area contributed by atoms with Crippen molar-refractivity contribution < 1.29 is 17.9 Å². The van der Waals surface area contributed by atoms with Gasteiger partial charge in [-0.3, -0.25) is 0 Å². The van der Waals surface area contributed by atoms with Gasteiger partial charge >= 0.3 is 0 Å². The third-order valence-electron chi connectivity index (χ3n) is 2.89. The van der Waals surface area contributed by atoms with Crippen LogP contribution >= 0.6 is 0 Å². The first-order valence-corrected chi connectivity index (χ1v) is 5.74. The lowest BCUT2D eigenvalue weighted by atomic mass is 10.2. The van der Waals surface area contributed by atoms with E-state index in [2.05, 4.69) is 4.98 Å². The van der Waals surface area contributed by atoms with Crippen molar-refractivity contribution in [3.8, 4) is 11.5 Å². The molecule has 0 aliphatic carbocycles. The Balaban J connectivity index is 2.07. The Hall–Kier alpha value is -2.63. The molecule has 0 spiro atoms. The smallest absolute Gasteiger partial charge is 0.199 e. The van der Waals surface area contributed by atoms with E-state index in [4.69, 9.17) is 10.5 Å². The second-order valence-corrected chi connectivity index (χ2v) is 4.23. The molecule has 3 nitrogen and oxygen atoms in total. The number of halogens is 3. The first kappa shape index (κ1) is 12.4. The number of H-pyrrole nitrogens is 1. The topological polar surface area (TPSA) is 51.0 Å². The maximum Gasteiger partial charge on any atom is 0.199 e. The molecule has 0 fully saturated rings. The number of fused-ring (bicyclic) bond motifs is 1. The summed E-state index contributed by atoms with van der Waals surface area (Å²) in [5.74, 6) is -2.82. The number of rotatable bonds is 2. The molecule has 0 saturated carbocycles. The van der Waals surface area contributed by atoms with Gasteiger partial charge in [0.05, 0.1) is 11.2 Å². The Morgan fingerprint density at radius 1 is 1.00 bits per heavy atom. The number of aromatic amines is 1. The Morgan fingerprint density at radius 3 is 2.55 bits per heavy atom. The van der Waals surface area contributed by atoms with Crippen molar-refractivity contribution in [1.82, 2.24) is 4.98 Å². The fraction of sp³-hybridized carbons (Fsp3) is 0. The molecule has 6 heteroatoms. The Kier molecular flexibility index (Phi) is 2.78. The standard InChI is InChI=1S/C14H9F3N2O/c15-9-2-1-7(5-11(9)18)20-14-10(16)6-12-8(13(14)17)3-4-19-12/h1-6,19H,18H2. The predicted octanol–water partition coefficient (Wildman–Crippen LogP) is 3.96. The number of hydrogen-bond acceptors (Lipinski definition) is 2. The zero-order valence-corrected chi connectivity index (χ0v) is 10.1. The Bertz CT molecular complexity index is 798. The van der Waals surface area contributed by atoms with Crippen LogP contribution in [0.25, 0.3) is 10.9 Å². The van der Waals surface area contributed by atoms with Crippen molar-refractivity contribution in [2.75, 3.05) is 5.73 Å². The van der Waals surface area contributed by atoms with E-state index in [1.807, 2.05) is 0 Å². The third kappa shape index (κ3) is 1.95. The molecule has 3 aromatic rings. The first-order chi connectivity index (χ1) is 9.56. The monoisotopic (exact) mass is 278 g/mol. The summed E-state index contributed by atoms with van der Waals surface area (Å²) < 4.78 is 46.1. The molecule has 2 aromatic carbocycles. The van der Waals surface area contributed by atoms with Gasteiger partial charge in [0, 0.05) is 23.7 Å². The molecule has 20 heavy (non-hydrogen) atoms. The van der Waals surface area contributed by atoms with Crippen LogP contribution in [0.15, 0.2) is 36.5 Å². The first-order valence-electron chi connectivity index (χ1n) is 5.74. The van der Waals surface area contributed by atoms with E-state index >= 15 is 0 Å². The van der Waals surface area contributed by atoms with E-state index < -0.39 is 23.2 Å². The molecular weight excluding hydrogens is 269 g/mol. The summed E-state index contributed by atoms with van der Waals surface area (Å²) in [4.78, 5) is 2.70. The molecule has 0 radical (unpaired) electrons. The normalized spacial score (nSPS) is 10.9. The predicted molar refractivity (Wildman–Crippen MR) is 69.1 cm³/mol. The Morgan fingerprint density at radius 2 is 1.80 bits per heavy atom. The van der Waals surface area contributed by atoms with E-state index in [1.54, 1.807) is 0 Å². The second kappa shape index (κ2) is 4.48. The average Bonchev–Trinajstić information content (AvgIpc) is 2.87. The highest BCUT2D eigenvalue weighted by Crippen LogP contribution is 2.33. The van der Waals surface area contributed by atoms with Gasteiger partial charge in [0.2, 0.25) is 0 Å². The van der Waals surface area contributed by atoms with Gasteiger partial charge in [0.25, 0.3) is 0 Å². The quantitative estimate of drug-likeness (QED) is 0.697.